The van der Waals surface area contributed by atoms with Gasteiger partial charge in [-0.05, 0) is 24.7 Å². The Morgan fingerprint density at radius 1 is 1.23 bits per heavy atom. The van der Waals surface area contributed by atoms with E-state index in [2.05, 4.69) is 23.8 Å². The Bertz CT molecular complexity index is 325. The van der Waals surface area contributed by atoms with Gasteiger partial charge in [0, 0.05) is 11.3 Å². The number of nitrogens with zero attached hydrogens (tertiary/aromatic N) is 2. The van der Waals surface area contributed by atoms with Gasteiger partial charge in [0.2, 0.25) is 0 Å². The summed E-state index contributed by atoms with van der Waals surface area (Å²) in [5.74, 6) is 1.40. The predicted molar refractivity (Wildman–Crippen MR) is 52.8 cm³/mol. The highest BCUT2D eigenvalue weighted by atomic mass is 35.5. The molecule has 0 unspecified atom stereocenters. The summed E-state index contributed by atoms with van der Waals surface area (Å²) in [6, 6.07) is 0. The predicted octanol–water partition coefficient (Wildman–Crippen LogP) is 2.50. The molecular weight excluding hydrogens is 184 g/mol. The van der Waals surface area contributed by atoms with Crippen molar-refractivity contribution in [1.82, 2.24) is 9.97 Å². The van der Waals surface area contributed by atoms with E-state index in [-0.39, 0.29) is 0 Å². The van der Waals surface area contributed by atoms with Crippen LogP contribution < -0.4 is 0 Å². The monoisotopic (exact) mass is 196 g/mol. The molecule has 0 saturated carbocycles. The molecule has 1 aromatic heterocycles. The minimum atomic E-state index is 0.642. The fourth-order valence-corrected chi connectivity index (χ4v) is 2.06. The normalized spacial score (nSPS) is 27.0. The van der Waals surface area contributed by atoms with Gasteiger partial charge in [-0.2, -0.15) is 0 Å². The van der Waals surface area contributed by atoms with Crippen LogP contribution in [0.5, 0.6) is 0 Å². The first-order valence-corrected chi connectivity index (χ1v) is 5.04. The SMILES string of the molecule is C[C@@H]1Cc2ncnc(Cl)c2C[C@H]1C. The largest absolute Gasteiger partial charge is 0.241 e. The second kappa shape index (κ2) is 3.26. The first kappa shape index (κ1) is 8.95. The van der Waals surface area contributed by atoms with E-state index in [9.17, 15) is 0 Å². The van der Waals surface area contributed by atoms with Crippen molar-refractivity contribution in [2.24, 2.45) is 11.8 Å². The maximum atomic E-state index is 6.00. The Labute approximate surface area is 83.4 Å². The van der Waals surface area contributed by atoms with Crippen LogP contribution in [0.3, 0.4) is 0 Å². The summed E-state index contributed by atoms with van der Waals surface area (Å²) in [6.45, 7) is 4.53. The zero-order valence-corrected chi connectivity index (χ0v) is 8.67. The Balaban J connectivity index is 2.42. The molecule has 70 valence electrons. The molecule has 2 atom stereocenters. The second-order valence-electron chi connectivity index (χ2n) is 3.95. The lowest BCUT2D eigenvalue weighted by Gasteiger charge is -2.27. The van der Waals surface area contributed by atoms with E-state index in [0.717, 1.165) is 24.1 Å². The van der Waals surface area contributed by atoms with Crippen molar-refractivity contribution < 1.29 is 0 Å². The fourth-order valence-electron chi connectivity index (χ4n) is 1.83. The zero-order chi connectivity index (χ0) is 9.42. The number of fused-ring (bicyclic) bond motifs is 1. The second-order valence-corrected chi connectivity index (χ2v) is 4.31. The van der Waals surface area contributed by atoms with Gasteiger partial charge < -0.3 is 0 Å². The molecule has 0 aliphatic heterocycles. The summed E-state index contributed by atoms with van der Waals surface area (Å²) in [4.78, 5) is 8.28. The maximum absolute atomic E-state index is 6.00. The third kappa shape index (κ3) is 1.55. The van der Waals surface area contributed by atoms with Gasteiger partial charge in [-0.3, -0.25) is 0 Å². The molecule has 1 aromatic rings. The van der Waals surface area contributed by atoms with E-state index in [1.807, 2.05) is 0 Å². The Kier molecular flexibility index (Phi) is 2.24. The maximum Gasteiger partial charge on any atom is 0.135 e. The fraction of sp³-hybridized carbons (Fsp3) is 0.600. The minimum Gasteiger partial charge on any atom is -0.241 e. The van der Waals surface area contributed by atoms with Crippen LogP contribution in [0.15, 0.2) is 6.33 Å². The Morgan fingerprint density at radius 3 is 2.69 bits per heavy atom. The van der Waals surface area contributed by atoms with Crippen LogP contribution in [0.2, 0.25) is 5.15 Å². The Morgan fingerprint density at radius 2 is 1.92 bits per heavy atom. The molecule has 2 rings (SSSR count). The number of aromatic nitrogens is 2. The van der Waals surface area contributed by atoms with Gasteiger partial charge in [0.1, 0.15) is 11.5 Å². The van der Waals surface area contributed by atoms with E-state index in [1.165, 1.54) is 0 Å². The van der Waals surface area contributed by atoms with Crippen LogP contribution in [0.25, 0.3) is 0 Å². The Hall–Kier alpha value is -0.630. The van der Waals surface area contributed by atoms with Crippen molar-refractivity contribution in [2.75, 3.05) is 0 Å². The minimum absolute atomic E-state index is 0.642. The standard InChI is InChI=1S/C10H13ClN2/c1-6-3-8-9(4-7(6)2)12-5-13-10(8)11/h5-7H,3-4H2,1-2H3/t6-,7-/m1/s1. The molecule has 1 heterocycles. The number of hydrogen-bond donors (Lipinski definition) is 0. The molecule has 1 aliphatic carbocycles. The first-order valence-electron chi connectivity index (χ1n) is 4.66. The lowest BCUT2D eigenvalue weighted by atomic mass is 9.80. The van der Waals surface area contributed by atoms with Crippen molar-refractivity contribution in [3.05, 3.63) is 22.7 Å². The van der Waals surface area contributed by atoms with Crippen LogP contribution in [0.1, 0.15) is 25.1 Å². The topological polar surface area (TPSA) is 25.8 Å². The molecule has 0 fully saturated rings. The molecule has 0 amide bonds. The van der Waals surface area contributed by atoms with Crippen LogP contribution >= 0.6 is 11.6 Å². The van der Waals surface area contributed by atoms with Crippen LogP contribution in [0.4, 0.5) is 0 Å². The van der Waals surface area contributed by atoms with E-state index in [0.29, 0.717) is 17.0 Å². The zero-order valence-electron chi connectivity index (χ0n) is 7.92. The number of hydrogen-bond acceptors (Lipinski definition) is 2. The summed E-state index contributed by atoms with van der Waals surface area (Å²) in [6.07, 6.45) is 3.62. The van der Waals surface area contributed by atoms with Crippen molar-refractivity contribution in [3.63, 3.8) is 0 Å². The molecule has 0 bridgehead atoms. The molecule has 3 heteroatoms. The van der Waals surface area contributed by atoms with Crippen molar-refractivity contribution >= 4 is 11.6 Å². The average Bonchev–Trinajstić information content (AvgIpc) is 2.09. The molecular formula is C10H13ClN2. The molecule has 0 spiro atoms. The van der Waals surface area contributed by atoms with Crippen LogP contribution in [0, 0.1) is 11.8 Å². The number of rotatable bonds is 0. The molecule has 0 saturated heterocycles. The van der Waals surface area contributed by atoms with Gasteiger partial charge in [-0.25, -0.2) is 9.97 Å². The van der Waals surface area contributed by atoms with Gasteiger partial charge in [0.05, 0.1) is 0 Å². The van der Waals surface area contributed by atoms with Crippen molar-refractivity contribution in [3.8, 4) is 0 Å². The van der Waals surface area contributed by atoms with E-state index >= 15 is 0 Å². The van der Waals surface area contributed by atoms with Crippen LogP contribution in [-0.2, 0) is 12.8 Å². The smallest absolute Gasteiger partial charge is 0.135 e. The van der Waals surface area contributed by atoms with E-state index in [4.69, 9.17) is 11.6 Å². The summed E-state index contributed by atoms with van der Waals surface area (Å²) in [5, 5.41) is 0.642. The van der Waals surface area contributed by atoms with Gasteiger partial charge >= 0.3 is 0 Å². The van der Waals surface area contributed by atoms with Crippen molar-refractivity contribution in [2.45, 2.75) is 26.7 Å². The summed E-state index contributed by atoms with van der Waals surface area (Å²) < 4.78 is 0. The highest BCUT2D eigenvalue weighted by Gasteiger charge is 2.24. The molecule has 0 aromatic carbocycles. The lowest BCUT2D eigenvalue weighted by Crippen LogP contribution is -2.22. The van der Waals surface area contributed by atoms with Gasteiger partial charge in [0.15, 0.2) is 0 Å². The van der Waals surface area contributed by atoms with Gasteiger partial charge in [-0.15, -0.1) is 0 Å². The lowest BCUT2D eigenvalue weighted by molar-refractivity contribution is 0.355. The molecule has 1 aliphatic rings. The molecule has 0 N–H and O–H groups in total. The summed E-state index contributed by atoms with van der Waals surface area (Å²) >= 11 is 6.00. The van der Waals surface area contributed by atoms with E-state index < -0.39 is 0 Å². The van der Waals surface area contributed by atoms with Crippen molar-refractivity contribution in [1.29, 1.82) is 0 Å². The van der Waals surface area contributed by atoms with Crippen LogP contribution in [-0.4, -0.2) is 9.97 Å². The molecule has 0 radical (unpaired) electrons. The quantitative estimate of drug-likeness (QED) is 0.596. The summed E-state index contributed by atoms with van der Waals surface area (Å²) in [7, 11) is 0. The third-order valence-corrected chi connectivity index (χ3v) is 3.32. The van der Waals surface area contributed by atoms with E-state index in [1.54, 1.807) is 6.33 Å². The number of halogens is 1. The van der Waals surface area contributed by atoms with Gasteiger partial charge in [0.25, 0.3) is 0 Å². The van der Waals surface area contributed by atoms with Gasteiger partial charge in [-0.1, -0.05) is 25.4 Å². The average molecular weight is 197 g/mol. The third-order valence-electron chi connectivity index (χ3n) is 2.99. The summed E-state index contributed by atoms with van der Waals surface area (Å²) in [5.41, 5.74) is 2.31. The first-order chi connectivity index (χ1) is 6.18. The highest BCUT2D eigenvalue weighted by Crippen LogP contribution is 2.31. The highest BCUT2D eigenvalue weighted by molar-refractivity contribution is 6.30. The molecule has 2 nitrogen and oxygen atoms in total. The molecule has 13 heavy (non-hydrogen) atoms.